The molecule has 2 aliphatic heterocycles. The number of hydrogen-bond acceptors (Lipinski definition) is 4. The Morgan fingerprint density at radius 1 is 1.11 bits per heavy atom. The summed E-state index contributed by atoms with van der Waals surface area (Å²) in [7, 11) is 1.91. The molecular weight excluding hydrogens is 436 g/mol. The van der Waals surface area contributed by atoms with E-state index in [0.717, 1.165) is 43.7 Å². The van der Waals surface area contributed by atoms with E-state index in [1.54, 1.807) is 0 Å². The topological polar surface area (TPSA) is 61.6 Å². The Morgan fingerprint density at radius 3 is 2.60 bits per heavy atom. The number of unbranched alkanes of at least 4 members (excludes halogenated alkanes) is 3. The average Bonchev–Trinajstić information content (AvgIpc) is 3.54. The molecule has 6 heteroatoms. The summed E-state index contributed by atoms with van der Waals surface area (Å²) < 4.78 is 1.90. The standard InChI is InChI=1S/C29H40N4O2/c1-3-4-5-6-11-23-12-9-13-24(22-23)28-30-26(14-10-21-34)27(31(28)2)29(35)33-19-15-25(16-20-33)32-17-7-8-18-32/h9,12-13,22,25,34H,3-8,11,15-21H2,1-2H3. The zero-order valence-electron chi connectivity index (χ0n) is 21.4. The quantitative estimate of drug-likeness (QED) is 0.457. The smallest absolute Gasteiger partial charge is 0.273 e. The van der Waals surface area contributed by atoms with E-state index >= 15 is 0 Å². The number of benzene rings is 1. The largest absolute Gasteiger partial charge is 0.384 e. The van der Waals surface area contributed by atoms with Crippen molar-refractivity contribution in [3.63, 3.8) is 0 Å². The lowest BCUT2D eigenvalue weighted by Gasteiger charge is -2.36. The van der Waals surface area contributed by atoms with Gasteiger partial charge in [-0.2, -0.15) is 0 Å². The van der Waals surface area contributed by atoms with Crippen LogP contribution in [0.1, 0.15) is 80.0 Å². The molecule has 0 unspecified atom stereocenters. The molecule has 0 atom stereocenters. The number of aromatic nitrogens is 2. The summed E-state index contributed by atoms with van der Waals surface area (Å²) in [5.74, 6) is 6.38. The molecular formula is C29H40N4O2. The molecule has 1 aromatic carbocycles. The summed E-state index contributed by atoms with van der Waals surface area (Å²) in [6.45, 7) is 5.90. The molecule has 0 bridgehead atoms. The molecule has 35 heavy (non-hydrogen) atoms. The zero-order chi connectivity index (χ0) is 24.6. The van der Waals surface area contributed by atoms with Gasteiger partial charge in [0, 0.05) is 31.7 Å². The number of amides is 1. The predicted octanol–water partition coefficient (Wildman–Crippen LogP) is 4.25. The number of carbonyl (C=O) groups is 1. The van der Waals surface area contributed by atoms with Crippen LogP contribution < -0.4 is 0 Å². The highest BCUT2D eigenvalue weighted by atomic mass is 16.2. The molecule has 0 spiro atoms. The fraction of sp³-hybridized carbons (Fsp3) is 0.586. The first-order valence-electron chi connectivity index (χ1n) is 13.4. The summed E-state index contributed by atoms with van der Waals surface area (Å²) in [6.07, 6.45) is 10.6. The predicted molar refractivity (Wildman–Crippen MR) is 140 cm³/mol. The Labute approximate surface area is 210 Å². The fourth-order valence-corrected chi connectivity index (χ4v) is 5.52. The van der Waals surface area contributed by atoms with Crippen LogP contribution in [0.2, 0.25) is 0 Å². The Kier molecular flexibility index (Phi) is 9.01. The summed E-state index contributed by atoms with van der Waals surface area (Å²) in [6, 6.07) is 9.08. The molecule has 1 amide bonds. The van der Waals surface area contributed by atoms with E-state index in [2.05, 4.69) is 47.9 Å². The number of carbonyl (C=O) groups excluding carboxylic acids is 1. The molecule has 2 fully saturated rings. The van der Waals surface area contributed by atoms with Gasteiger partial charge < -0.3 is 19.5 Å². The number of rotatable bonds is 8. The minimum Gasteiger partial charge on any atom is -0.384 e. The molecule has 1 aromatic heterocycles. The van der Waals surface area contributed by atoms with Gasteiger partial charge in [-0.15, -0.1) is 0 Å². The van der Waals surface area contributed by atoms with Crippen LogP contribution in [0, 0.1) is 11.8 Å². The molecule has 0 aliphatic carbocycles. The van der Waals surface area contributed by atoms with Gasteiger partial charge in [-0.25, -0.2) is 4.98 Å². The van der Waals surface area contributed by atoms with Crippen molar-refractivity contribution in [1.82, 2.24) is 19.4 Å². The molecule has 2 aliphatic rings. The lowest BCUT2D eigenvalue weighted by Crippen LogP contribution is -2.46. The Morgan fingerprint density at radius 2 is 1.89 bits per heavy atom. The van der Waals surface area contributed by atoms with Gasteiger partial charge in [0.1, 0.15) is 23.8 Å². The second kappa shape index (κ2) is 12.4. The van der Waals surface area contributed by atoms with Crippen LogP contribution in [0.3, 0.4) is 0 Å². The first-order valence-corrected chi connectivity index (χ1v) is 13.4. The lowest BCUT2D eigenvalue weighted by molar-refractivity contribution is 0.0635. The Bertz CT molecular complexity index is 1050. The van der Waals surface area contributed by atoms with Crippen molar-refractivity contribution in [2.45, 2.75) is 70.8 Å². The van der Waals surface area contributed by atoms with Crippen molar-refractivity contribution < 1.29 is 9.90 Å². The second-order valence-electron chi connectivity index (χ2n) is 9.93. The SMILES string of the molecule is CCCCCCc1cccc(-c2nc(C#CCO)c(C(=O)N3CCC(N4CCCC4)CC3)n2C)c1. The maximum absolute atomic E-state index is 13.7. The molecule has 3 heterocycles. The highest BCUT2D eigenvalue weighted by Gasteiger charge is 2.31. The third kappa shape index (κ3) is 6.15. The van der Waals surface area contributed by atoms with Crippen molar-refractivity contribution in [3.8, 4) is 23.2 Å². The van der Waals surface area contributed by atoms with Gasteiger partial charge in [0.2, 0.25) is 0 Å². The number of likely N-dealkylation sites (tertiary alicyclic amines) is 2. The molecule has 188 valence electrons. The molecule has 2 aromatic rings. The highest BCUT2D eigenvalue weighted by Crippen LogP contribution is 2.26. The third-order valence-electron chi connectivity index (χ3n) is 7.50. The molecule has 0 radical (unpaired) electrons. The van der Waals surface area contributed by atoms with Crippen LogP contribution in [0.15, 0.2) is 24.3 Å². The van der Waals surface area contributed by atoms with Crippen molar-refractivity contribution in [3.05, 3.63) is 41.2 Å². The van der Waals surface area contributed by atoms with E-state index < -0.39 is 0 Å². The summed E-state index contributed by atoms with van der Waals surface area (Å²) in [5.41, 5.74) is 3.27. The van der Waals surface area contributed by atoms with Gasteiger partial charge in [-0.05, 0) is 69.2 Å². The number of nitrogens with zero attached hydrogens (tertiary/aromatic N) is 4. The number of aryl methyl sites for hydroxylation is 1. The maximum atomic E-state index is 13.7. The van der Waals surface area contributed by atoms with Gasteiger partial charge in [0.25, 0.3) is 5.91 Å². The van der Waals surface area contributed by atoms with Crippen molar-refractivity contribution in [2.75, 3.05) is 32.8 Å². The van der Waals surface area contributed by atoms with E-state index in [4.69, 9.17) is 4.98 Å². The zero-order valence-corrected chi connectivity index (χ0v) is 21.4. The van der Waals surface area contributed by atoms with Crippen LogP contribution in [-0.2, 0) is 13.5 Å². The number of piperidine rings is 1. The monoisotopic (exact) mass is 476 g/mol. The van der Waals surface area contributed by atoms with Gasteiger partial charge in [-0.1, -0.05) is 50.3 Å². The molecule has 6 nitrogen and oxygen atoms in total. The van der Waals surface area contributed by atoms with Crippen LogP contribution in [0.25, 0.3) is 11.4 Å². The average molecular weight is 477 g/mol. The van der Waals surface area contributed by atoms with Crippen molar-refractivity contribution in [2.24, 2.45) is 7.05 Å². The molecule has 1 N–H and O–H groups in total. The van der Waals surface area contributed by atoms with Gasteiger partial charge in [0.15, 0.2) is 0 Å². The van der Waals surface area contributed by atoms with Crippen molar-refractivity contribution in [1.29, 1.82) is 0 Å². The van der Waals surface area contributed by atoms with Crippen LogP contribution >= 0.6 is 0 Å². The van der Waals surface area contributed by atoms with Crippen LogP contribution in [-0.4, -0.2) is 69.2 Å². The fourth-order valence-electron chi connectivity index (χ4n) is 5.52. The third-order valence-corrected chi connectivity index (χ3v) is 7.50. The Hall–Kier alpha value is -2.62. The molecule has 4 rings (SSSR count). The minimum atomic E-state index is -0.256. The van der Waals surface area contributed by atoms with E-state index in [-0.39, 0.29) is 12.5 Å². The second-order valence-corrected chi connectivity index (χ2v) is 9.93. The number of imidazole rings is 1. The highest BCUT2D eigenvalue weighted by molar-refractivity contribution is 5.95. The maximum Gasteiger partial charge on any atom is 0.273 e. The minimum absolute atomic E-state index is 0.0101. The van der Waals surface area contributed by atoms with E-state index in [9.17, 15) is 9.90 Å². The van der Waals surface area contributed by atoms with Gasteiger partial charge in [0.05, 0.1) is 0 Å². The van der Waals surface area contributed by atoms with E-state index in [0.29, 0.717) is 17.4 Å². The van der Waals surface area contributed by atoms with E-state index in [1.807, 2.05) is 16.5 Å². The van der Waals surface area contributed by atoms with Gasteiger partial charge in [-0.3, -0.25) is 4.79 Å². The van der Waals surface area contributed by atoms with Gasteiger partial charge >= 0.3 is 0 Å². The molecule has 2 saturated heterocycles. The number of aliphatic hydroxyl groups excluding tert-OH is 1. The lowest BCUT2D eigenvalue weighted by atomic mass is 10.0. The summed E-state index contributed by atoms with van der Waals surface area (Å²) in [5, 5.41) is 9.28. The summed E-state index contributed by atoms with van der Waals surface area (Å²) >= 11 is 0. The first-order chi connectivity index (χ1) is 17.1. The first kappa shape index (κ1) is 25.5. The van der Waals surface area contributed by atoms with E-state index in [1.165, 1.54) is 57.2 Å². The Balaban J connectivity index is 1.54. The number of aliphatic hydroxyl groups is 1. The number of hydrogen-bond donors (Lipinski definition) is 1. The van der Waals surface area contributed by atoms with Crippen LogP contribution in [0.4, 0.5) is 0 Å². The molecule has 0 saturated carbocycles. The van der Waals surface area contributed by atoms with Crippen molar-refractivity contribution >= 4 is 5.91 Å². The normalized spacial score (nSPS) is 16.9. The summed E-state index contributed by atoms with van der Waals surface area (Å²) in [4.78, 5) is 23.0. The van der Waals surface area contributed by atoms with Crippen LogP contribution in [0.5, 0.6) is 0 Å².